The molecule has 0 spiro atoms. The van der Waals surface area contributed by atoms with Crippen LogP contribution in [-0.4, -0.2) is 57.8 Å². The molecule has 156 valence electrons. The molecule has 29 heavy (non-hydrogen) atoms. The molecule has 7 heteroatoms. The van der Waals surface area contributed by atoms with Crippen LogP contribution in [-0.2, 0) is 16.4 Å². The van der Waals surface area contributed by atoms with E-state index in [1.54, 1.807) is 12.1 Å². The first-order chi connectivity index (χ1) is 13.8. The van der Waals surface area contributed by atoms with E-state index in [1.807, 2.05) is 11.0 Å². The number of methoxy groups -OCH3 is 1. The van der Waals surface area contributed by atoms with Crippen molar-refractivity contribution in [3.8, 4) is 5.75 Å². The SMILES string of the molecule is COc1ccc(C(=O)N2CCC(Cc3ccccc3)CC2)cc1S(=O)(=O)N(C)C. The van der Waals surface area contributed by atoms with Crippen LogP contribution in [0.25, 0.3) is 0 Å². The van der Waals surface area contributed by atoms with Gasteiger partial charge in [0.15, 0.2) is 0 Å². The van der Waals surface area contributed by atoms with E-state index in [1.165, 1.54) is 32.8 Å². The topological polar surface area (TPSA) is 66.9 Å². The number of amides is 1. The minimum Gasteiger partial charge on any atom is -0.495 e. The van der Waals surface area contributed by atoms with Crippen molar-refractivity contribution in [2.45, 2.75) is 24.2 Å². The van der Waals surface area contributed by atoms with Crippen molar-refractivity contribution in [2.24, 2.45) is 5.92 Å². The van der Waals surface area contributed by atoms with E-state index in [4.69, 9.17) is 4.74 Å². The highest BCUT2D eigenvalue weighted by molar-refractivity contribution is 7.89. The number of carbonyl (C=O) groups is 1. The second-order valence-corrected chi connectivity index (χ2v) is 9.70. The molecule has 1 saturated heterocycles. The molecule has 0 atom stereocenters. The number of hydrogen-bond acceptors (Lipinski definition) is 4. The molecule has 3 rings (SSSR count). The fraction of sp³-hybridized carbons (Fsp3) is 0.409. The predicted octanol–water partition coefficient (Wildman–Crippen LogP) is 3.04. The van der Waals surface area contributed by atoms with Gasteiger partial charge < -0.3 is 9.64 Å². The van der Waals surface area contributed by atoms with Crippen molar-refractivity contribution in [1.29, 1.82) is 0 Å². The van der Waals surface area contributed by atoms with Crippen LogP contribution in [0, 0.1) is 5.92 Å². The summed E-state index contributed by atoms with van der Waals surface area (Å²) < 4.78 is 31.5. The highest BCUT2D eigenvalue weighted by Crippen LogP contribution is 2.28. The number of likely N-dealkylation sites (tertiary alicyclic amines) is 1. The van der Waals surface area contributed by atoms with Crippen molar-refractivity contribution in [3.05, 3.63) is 59.7 Å². The van der Waals surface area contributed by atoms with E-state index in [2.05, 4.69) is 24.3 Å². The van der Waals surface area contributed by atoms with Crippen molar-refractivity contribution >= 4 is 15.9 Å². The zero-order valence-electron chi connectivity index (χ0n) is 17.2. The number of piperidine rings is 1. The summed E-state index contributed by atoms with van der Waals surface area (Å²) in [5.74, 6) is 0.653. The largest absolute Gasteiger partial charge is 0.495 e. The Hall–Kier alpha value is -2.38. The number of rotatable bonds is 6. The lowest BCUT2D eigenvalue weighted by atomic mass is 9.90. The minimum absolute atomic E-state index is 0.00909. The summed E-state index contributed by atoms with van der Waals surface area (Å²) in [5.41, 5.74) is 1.69. The molecule has 2 aromatic carbocycles. The zero-order valence-corrected chi connectivity index (χ0v) is 18.0. The Labute approximate surface area is 173 Å². The quantitative estimate of drug-likeness (QED) is 0.726. The third-order valence-corrected chi connectivity index (χ3v) is 7.27. The molecule has 0 unspecified atom stereocenters. The number of carbonyl (C=O) groups excluding carboxylic acids is 1. The number of hydrogen-bond donors (Lipinski definition) is 0. The smallest absolute Gasteiger partial charge is 0.253 e. The van der Waals surface area contributed by atoms with E-state index in [-0.39, 0.29) is 16.6 Å². The van der Waals surface area contributed by atoms with Gasteiger partial charge in [-0.2, -0.15) is 0 Å². The van der Waals surface area contributed by atoms with Crippen LogP contribution >= 0.6 is 0 Å². The van der Waals surface area contributed by atoms with Gasteiger partial charge in [0.05, 0.1) is 7.11 Å². The summed E-state index contributed by atoms with van der Waals surface area (Å²) >= 11 is 0. The van der Waals surface area contributed by atoms with Gasteiger partial charge in [-0.15, -0.1) is 0 Å². The fourth-order valence-corrected chi connectivity index (χ4v) is 4.75. The molecule has 0 radical (unpaired) electrons. The Morgan fingerprint density at radius 2 is 1.76 bits per heavy atom. The van der Waals surface area contributed by atoms with Crippen LogP contribution in [0.5, 0.6) is 5.75 Å². The molecule has 1 amide bonds. The second-order valence-electron chi connectivity index (χ2n) is 7.58. The van der Waals surface area contributed by atoms with Gasteiger partial charge in [0.25, 0.3) is 5.91 Å². The first-order valence-electron chi connectivity index (χ1n) is 9.76. The van der Waals surface area contributed by atoms with Gasteiger partial charge >= 0.3 is 0 Å². The van der Waals surface area contributed by atoms with Crippen LogP contribution < -0.4 is 4.74 Å². The molecule has 0 N–H and O–H groups in total. The van der Waals surface area contributed by atoms with Crippen LogP contribution in [0.2, 0.25) is 0 Å². The standard InChI is InChI=1S/C22H28N2O4S/c1-23(2)29(26,27)21-16-19(9-10-20(21)28-3)22(25)24-13-11-18(12-14-24)15-17-7-5-4-6-8-17/h4-10,16,18H,11-15H2,1-3H3. The zero-order chi connectivity index (χ0) is 21.0. The lowest BCUT2D eigenvalue weighted by molar-refractivity contribution is 0.0690. The minimum atomic E-state index is -3.71. The summed E-state index contributed by atoms with van der Waals surface area (Å²) in [7, 11) is 0.626. The van der Waals surface area contributed by atoms with E-state index in [0.717, 1.165) is 23.6 Å². The van der Waals surface area contributed by atoms with Crippen LogP contribution in [0.15, 0.2) is 53.4 Å². The average molecular weight is 417 g/mol. The molecule has 1 heterocycles. The van der Waals surface area contributed by atoms with E-state index < -0.39 is 10.0 Å². The Kier molecular flexibility index (Phi) is 6.59. The lowest BCUT2D eigenvalue weighted by Gasteiger charge is -2.32. The molecule has 0 aliphatic carbocycles. The van der Waals surface area contributed by atoms with Crippen LogP contribution in [0.1, 0.15) is 28.8 Å². The molecular formula is C22H28N2O4S. The average Bonchev–Trinajstić information content (AvgIpc) is 2.74. The lowest BCUT2D eigenvalue weighted by Crippen LogP contribution is -2.39. The maximum Gasteiger partial charge on any atom is 0.253 e. The third-order valence-electron chi connectivity index (χ3n) is 5.44. The van der Waals surface area contributed by atoms with E-state index in [0.29, 0.717) is 24.6 Å². The Morgan fingerprint density at radius 1 is 1.10 bits per heavy atom. The summed E-state index contributed by atoms with van der Waals surface area (Å²) in [6, 6.07) is 15.0. The normalized spacial score (nSPS) is 15.5. The first kappa shape index (κ1) is 21.3. The fourth-order valence-electron chi connectivity index (χ4n) is 3.68. The van der Waals surface area contributed by atoms with E-state index >= 15 is 0 Å². The Bertz CT molecular complexity index is 950. The molecule has 1 fully saturated rings. The monoisotopic (exact) mass is 416 g/mol. The van der Waals surface area contributed by atoms with Gasteiger partial charge in [-0.1, -0.05) is 30.3 Å². The number of ether oxygens (including phenoxy) is 1. The van der Waals surface area contributed by atoms with E-state index in [9.17, 15) is 13.2 Å². The summed E-state index contributed by atoms with van der Waals surface area (Å²) in [6.07, 6.45) is 2.91. The predicted molar refractivity (Wildman–Crippen MR) is 113 cm³/mol. The van der Waals surface area contributed by atoms with Gasteiger partial charge in [-0.05, 0) is 48.9 Å². The van der Waals surface area contributed by atoms with Crippen LogP contribution in [0.3, 0.4) is 0 Å². The number of sulfonamides is 1. The molecular weight excluding hydrogens is 388 g/mol. The molecule has 6 nitrogen and oxygen atoms in total. The second kappa shape index (κ2) is 8.97. The number of benzene rings is 2. The highest BCUT2D eigenvalue weighted by Gasteiger charge is 2.27. The summed E-state index contributed by atoms with van der Waals surface area (Å²) in [5, 5.41) is 0. The Balaban J connectivity index is 1.71. The molecule has 2 aromatic rings. The van der Waals surface area contributed by atoms with Gasteiger partial charge in [0, 0.05) is 32.7 Å². The maximum atomic E-state index is 13.0. The third kappa shape index (κ3) is 4.79. The number of nitrogens with zero attached hydrogens (tertiary/aromatic N) is 2. The summed E-state index contributed by atoms with van der Waals surface area (Å²) in [6.45, 7) is 1.36. The first-order valence-corrected chi connectivity index (χ1v) is 11.2. The Morgan fingerprint density at radius 3 is 2.34 bits per heavy atom. The highest BCUT2D eigenvalue weighted by atomic mass is 32.2. The van der Waals surface area contributed by atoms with Crippen molar-refractivity contribution in [3.63, 3.8) is 0 Å². The van der Waals surface area contributed by atoms with Gasteiger partial charge in [-0.3, -0.25) is 4.79 Å². The maximum absolute atomic E-state index is 13.0. The van der Waals surface area contributed by atoms with Crippen LogP contribution in [0.4, 0.5) is 0 Å². The van der Waals surface area contributed by atoms with Crippen molar-refractivity contribution < 1.29 is 17.9 Å². The molecule has 1 aliphatic heterocycles. The van der Waals surface area contributed by atoms with Gasteiger partial charge in [0.2, 0.25) is 10.0 Å². The molecule has 0 saturated carbocycles. The molecule has 0 bridgehead atoms. The van der Waals surface area contributed by atoms with Gasteiger partial charge in [0.1, 0.15) is 10.6 Å². The summed E-state index contributed by atoms with van der Waals surface area (Å²) in [4.78, 5) is 14.8. The van der Waals surface area contributed by atoms with Crippen molar-refractivity contribution in [2.75, 3.05) is 34.3 Å². The molecule has 1 aliphatic rings. The molecule has 0 aromatic heterocycles. The van der Waals surface area contributed by atoms with Gasteiger partial charge in [-0.25, -0.2) is 12.7 Å². The van der Waals surface area contributed by atoms with Crippen molar-refractivity contribution in [1.82, 2.24) is 9.21 Å².